The van der Waals surface area contributed by atoms with Crippen molar-refractivity contribution >= 4 is 21.4 Å². The van der Waals surface area contributed by atoms with Crippen molar-refractivity contribution in [2.45, 2.75) is 12.8 Å². The molecule has 0 spiro atoms. The van der Waals surface area contributed by atoms with Gasteiger partial charge in [-0.1, -0.05) is 37.3 Å². The van der Waals surface area contributed by atoms with Gasteiger partial charge in [0.15, 0.2) is 11.5 Å². The maximum absolute atomic E-state index is 6.06. The number of ether oxygens (including phenoxy) is 3. The van der Waals surface area contributed by atoms with Gasteiger partial charge in [-0.3, -0.25) is 0 Å². The molecule has 23 heavy (non-hydrogen) atoms. The quantitative estimate of drug-likeness (QED) is 0.630. The summed E-state index contributed by atoms with van der Waals surface area (Å²) < 4.78 is 17.9. The predicted molar refractivity (Wildman–Crippen MR) is 95.3 cm³/mol. The lowest BCUT2D eigenvalue weighted by molar-refractivity contribution is 0.300. The summed E-state index contributed by atoms with van der Waals surface area (Å²) in [5.41, 5.74) is 1.28. The molecule has 0 aliphatic heterocycles. The molecule has 2 aromatic carbocycles. The minimum Gasteiger partial charge on any atom is -0.493 e. The van der Waals surface area contributed by atoms with E-state index in [2.05, 4.69) is 31.2 Å². The number of thiophene rings is 1. The third kappa shape index (κ3) is 3.27. The van der Waals surface area contributed by atoms with Crippen LogP contribution in [0.2, 0.25) is 0 Å². The molecule has 1 aromatic heterocycles. The SMILES string of the molecule is COc1cc2scc(OC[C@@H](C)c3ccccc3)c2cc1OC. The van der Waals surface area contributed by atoms with Gasteiger partial charge in [0.1, 0.15) is 5.75 Å². The normalized spacial score (nSPS) is 12.1. The van der Waals surface area contributed by atoms with Crippen LogP contribution >= 0.6 is 11.3 Å². The Morgan fingerprint density at radius 1 is 0.957 bits per heavy atom. The van der Waals surface area contributed by atoms with E-state index in [1.807, 2.05) is 23.6 Å². The Hall–Kier alpha value is -2.20. The maximum atomic E-state index is 6.06. The van der Waals surface area contributed by atoms with Crippen LogP contribution in [0.3, 0.4) is 0 Å². The highest BCUT2D eigenvalue weighted by atomic mass is 32.1. The number of hydrogen-bond acceptors (Lipinski definition) is 4. The van der Waals surface area contributed by atoms with Gasteiger partial charge < -0.3 is 14.2 Å². The van der Waals surface area contributed by atoms with Crippen LogP contribution in [0.15, 0.2) is 47.8 Å². The fourth-order valence-electron chi connectivity index (χ4n) is 2.54. The van der Waals surface area contributed by atoms with Crippen molar-refractivity contribution in [3.63, 3.8) is 0 Å². The van der Waals surface area contributed by atoms with Crippen molar-refractivity contribution in [2.24, 2.45) is 0 Å². The Labute approximate surface area is 140 Å². The molecule has 0 fully saturated rings. The van der Waals surface area contributed by atoms with Gasteiger partial charge in [0.05, 0.1) is 20.8 Å². The minimum absolute atomic E-state index is 0.339. The summed E-state index contributed by atoms with van der Waals surface area (Å²) in [7, 11) is 3.30. The van der Waals surface area contributed by atoms with Gasteiger partial charge >= 0.3 is 0 Å². The molecule has 120 valence electrons. The molecule has 0 saturated heterocycles. The van der Waals surface area contributed by atoms with Gasteiger partial charge in [-0.2, -0.15) is 0 Å². The van der Waals surface area contributed by atoms with E-state index in [0.717, 1.165) is 27.3 Å². The van der Waals surface area contributed by atoms with E-state index in [4.69, 9.17) is 14.2 Å². The lowest BCUT2D eigenvalue weighted by Crippen LogP contribution is -2.06. The lowest BCUT2D eigenvalue weighted by atomic mass is 10.0. The molecule has 0 unspecified atom stereocenters. The van der Waals surface area contributed by atoms with E-state index in [1.54, 1.807) is 25.6 Å². The second kappa shape index (κ2) is 6.92. The molecule has 3 rings (SSSR count). The Bertz CT molecular complexity index is 780. The molecule has 0 aliphatic rings. The third-order valence-corrected chi connectivity index (χ3v) is 4.83. The summed E-state index contributed by atoms with van der Waals surface area (Å²) in [6.45, 7) is 2.82. The van der Waals surface area contributed by atoms with Gasteiger partial charge in [-0.25, -0.2) is 0 Å². The van der Waals surface area contributed by atoms with Gasteiger partial charge in [0, 0.05) is 27.5 Å². The molecule has 3 nitrogen and oxygen atoms in total. The Morgan fingerprint density at radius 3 is 2.35 bits per heavy atom. The Kier molecular flexibility index (Phi) is 4.72. The second-order valence-electron chi connectivity index (χ2n) is 5.43. The van der Waals surface area contributed by atoms with Crippen molar-refractivity contribution < 1.29 is 14.2 Å². The fraction of sp³-hybridized carbons (Fsp3) is 0.263. The summed E-state index contributed by atoms with van der Waals surface area (Å²) >= 11 is 1.65. The average Bonchev–Trinajstić information content (AvgIpc) is 3.01. The predicted octanol–water partition coefficient (Wildman–Crippen LogP) is 5.10. The molecule has 0 amide bonds. The standard InChI is InChI=1S/C19H20O3S/c1-13(14-7-5-4-6-8-14)11-22-18-12-23-19-10-17(21-3)16(20-2)9-15(18)19/h4-10,12-13H,11H2,1-3H3/t13-/m1/s1. The molecular formula is C19H20O3S. The highest BCUT2D eigenvalue weighted by Crippen LogP contribution is 2.40. The topological polar surface area (TPSA) is 27.7 Å². The van der Waals surface area contributed by atoms with Gasteiger partial charge in [0.2, 0.25) is 0 Å². The van der Waals surface area contributed by atoms with Crippen LogP contribution in [-0.4, -0.2) is 20.8 Å². The molecule has 0 bridgehead atoms. The fourth-order valence-corrected chi connectivity index (χ4v) is 3.43. The van der Waals surface area contributed by atoms with Crippen LogP contribution in [0.4, 0.5) is 0 Å². The smallest absolute Gasteiger partial charge is 0.162 e. The Balaban J connectivity index is 1.80. The first kappa shape index (κ1) is 15.7. The second-order valence-corrected chi connectivity index (χ2v) is 6.34. The lowest BCUT2D eigenvalue weighted by Gasteiger charge is -2.13. The highest BCUT2D eigenvalue weighted by molar-refractivity contribution is 7.17. The molecule has 1 atom stereocenters. The van der Waals surface area contributed by atoms with Gasteiger partial charge in [-0.05, 0) is 11.6 Å². The van der Waals surface area contributed by atoms with E-state index >= 15 is 0 Å². The number of fused-ring (bicyclic) bond motifs is 1. The van der Waals surface area contributed by atoms with Gasteiger partial charge in [0.25, 0.3) is 0 Å². The van der Waals surface area contributed by atoms with Crippen molar-refractivity contribution in [2.75, 3.05) is 20.8 Å². The van der Waals surface area contributed by atoms with E-state index in [9.17, 15) is 0 Å². The van der Waals surface area contributed by atoms with Crippen LogP contribution in [0.25, 0.3) is 10.1 Å². The summed E-state index contributed by atoms with van der Waals surface area (Å²) in [6, 6.07) is 14.4. The largest absolute Gasteiger partial charge is 0.493 e. The van der Waals surface area contributed by atoms with Crippen LogP contribution in [0.1, 0.15) is 18.4 Å². The number of rotatable bonds is 6. The zero-order valence-corrected chi connectivity index (χ0v) is 14.4. The maximum Gasteiger partial charge on any atom is 0.162 e. The molecule has 0 aliphatic carbocycles. The van der Waals surface area contributed by atoms with E-state index in [0.29, 0.717) is 12.5 Å². The van der Waals surface area contributed by atoms with Crippen molar-refractivity contribution in [1.82, 2.24) is 0 Å². The minimum atomic E-state index is 0.339. The summed E-state index contributed by atoms with van der Waals surface area (Å²) in [5.74, 6) is 2.70. The molecule has 0 saturated carbocycles. The summed E-state index contributed by atoms with van der Waals surface area (Å²) in [6.07, 6.45) is 0. The van der Waals surface area contributed by atoms with Crippen LogP contribution < -0.4 is 14.2 Å². The first-order valence-corrected chi connectivity index (χ1v) is 8.42. The van der Waals surface area contributed by atoms with Gasteiger partial charge in [-0.15, -0.1) is 11.3 Å². The van der Waals surface area contributed by atoms with Crippen LogP contribution in [0.5, 0.6) is 17.2 Å². The molecular weight excluding hydrogens is 308 g/mol. The third-order valence-electron chi connectivity index (χ3n) is 3.90. The van der Waals surface area contributed by atoms with E-state index < -0.39 is 0 Å². The molecule has 0 N–H and O–H groups in total. The average molecular weight is 328 g/mol. The van der Waals surface area contributed by atoms with E-state index in [1.165, 1.54) is 5.56 Å². The number of benzene rings is 2. The molecule has 3 aromatic rings. The zero-order chi connectivity index (χ0) is 16.2. The first-order chi connectivity index (χ1) is 11.2. The molecule has 4 heteroatoms. The molecule has 1 heterocycles. The van der Waals surface area contributed by atoms with Crippen molar-refractivity contribution in [3.05, 3.63) is 53.4 Å². The zero-order valence-electron chi connectivity index (χ0n) is 13.5. The summed E-state index contributed by atoms with van der Waals surface area (Å²) in [4.78, 5) is 0. The number of hydrogen-bond donors (Lipinski definition) is 0. The Morgan fingerprint density at radius 2 is 1.65 bits per heavy atom. The van der Waals surface area contributed by atoms with Crippen LogP contribution in [-0.2, 0) is 0 Å². The molecule has 0 radical (unpaired) electrons. The van der Waals surface area contributed by atoms with E-state index in [-0.39, 0.29) is 0 Å². The van der Waals surface area contributed by atoms with Crippen LogP contribution in [0, 0.1) is 0 Å². The monoisotopic (exact) mass is 328 g/mol. The summed E-state index contributed by atoms with van der Waals surface area (Å²) in [5, 5.41) is 3.11. The first-order valence-electron chi connectivity index (χ1n) is 7.54. The van der Waals surface area contributed by atoms with Crippen molar-refractivity contribution in [1.29, 1.82) is 0 Å². The van der Waals surface area contributed by atoms with Crippen molar-refractivity contribution in [3.8, 4) is 17.2 Å². The number of methoxy groups -OCH3 is 2. The highest BCUT2D eigenvalue weighted by Gasteiger charge is 2.13.